The molecule has 130 valence electrons. The van der Waals surface area contributed by atoms with Crippen LogP contribution in [0.4, 0.5) is 0 Å². The second-order valence-electron chi connectivity index (χ2n) is 5.54. The third kappa shape index (κ3) is 18.3. The van der Waals surface area contributed by atoms with Crippen LogP contribution >= 0.6 is 0 Å². The highest BCUT2D eigenvalue weighted by Gasteiger charge is 1.92. The Morgan fingerprint density at radius 3 is 2.17 bits per heavy atom. The number of rotatable bonds is 14. The van der Waals surface area contributed by atoms with Gasteiger partial charge in [0.1, 0.15) is 0 Å². The van der Waals surface area contributed by atoms with Crippen molar-refractivity contribution in [3.63, 3.8) is 0 Å². The molecule has 0 saturated heterocycles. The van der Waals surface area contributed by atoms with Crippen molar-refractivity contribution >= 4 is 5.97 Å². The molecular weight excluding hydrogens is 288 g/mol. The summed E-state index contributed by atoms with van der Waals surface area (Å²) < 4.78 is 0. The van der Waals surface area contributed by atoms with Crippen LogP contribution in [0.1, 0.15) is 64.7 Å². The molecular formula is C20H32O3. The van der Waals surface area contributed by atoms with Gasteiger partial charge in [-0.3, -0.25) is 4.79 Å². The fraction of sp³-hybridized carbons (Fsp3) is 0.550. The first-order valence-corrected chi connectivity index (χ1v) is 8.70. The minimum atomic E-state index is -0.733. The lowest BCUT2D eigenvalue weighted by Gasteiger charge is -1.97. The molecule has 0 unspecified atom stereocenters. The standard InChI is InChI=1S/C20H32O3/c1-2-3-4-10-13-16-19(21)17-14-11-8-6-5-7-9-12-15-18-20(22)23/h6-9,13-14,16-17,19,21H,2-5,10-12,15,18H2,1H3,(H,22,23)/b8-6-,9-7-,16-13-,17-14-/t19-/m0/s1. The van der Waals surface area contributed by atoms with E-state index in [0.29, 0.717) is 6.42 Å². The number of aliphatic carboxylic acids is 1. The molecule has 0 spiro atoms. The fourth-order valence-electron chi connectivity index (χ4n) is 1.96. The fourth-order valence-corrected chi connectivity index (χ4v) is 1.96. The number of allylic oxidation sites excluding steroid dienone is 6. The van der Waals surface area contributed by atoms with E-state index < -0.39 is 12.1 Å². The van der Waals surface area contributed by atoms with Crippen molar-refractivity contribution in [2.45, 2.75) is 70.8 Å². The van der Waals surface area contributed by atoms with Gasteiger partial charge in [-0.05, 0) is 38.5 Å². The molecule has 0 aromatic rings. The zero-order valence-electron chi connectivity index (χ0n) is 14.4. The quantitative estimate of drug-likeness (QED) is 0.342. The normalized spacial score (nSPS) is 13.8. The average molecular weight is 320 g/mol. The van der Waals surface area contributed by atoms with Crippen LogP contribution in [-0.4, -0.2) is 22.3 Å². The predicted octanol–water partition coefficient (Wildman–Crippen LogP) is 5.19. The van der Waals surface area contributed by atoms with Crippen molar-refractivity contribution in [2.75, 3.05) is 0 Å². The number of hydrogen-bond acceptors (Lipinski definition) is 2. The van der Waals surface area contributed by atoms with E-state index >= 15 is 0 Å². The van der Waals surface area contributed by atoms with Gasteiger partial charge in [-0.25, -0.2) is 0 Å². The second-order valence-corrected chi connectivity index (χ2v) is 5.54. The SMILES string of the molecule is CCCCC/C=C\[C@H](O)/C=C\C/C=C\C/C=C\CCCC(=O)O. The van der Waals surface area contributed by atoms with E-state index in [2.05, 4.69) is 31.2 Å². The molecule has 0 aromatic carbocycles. The summed E-state index contributed by atoms with van der Waals surface area (Å²) in [5.74, 6) is -0.733. The van der Waals surface area contributed by atoms with Gasteiger partial charge in [0.05, 0.1) is 6.10 Å². The van der Waals surface area contributed by atoms with Gasteiger partial charge in [0.2, 0.25) is 0 Å². The molecule has 0 aliphatic rings. The molecule has 0 radical (unpaired) electrons. The maximum atomic E-state index is 10.3. The van der Waals surface area contributed by atoms with E-state index in [9.17, 15) is 9.90 Å². The third-order valence-electron chi connectivity index (χ3n) is 3.28. The first kappa shape index (κ1) is 21.4. The van der Waals surface area contributed by atoms with Crippen molar-refractivity contribution in [3.05, 3.63) is 48.6 Å². The average Bonchev–Trinajstić information content (AvgIpc) is 2.52. The molecule has 0 amide bonds. The molecule has 0 rings (SSSR count). The van der Waals surface area contributed by atoms with Gasteiger partial charge in [-0.15, -0.1) is 0 Å². The highest BCUT2D eigenvalue weighted by Crippen LogP contribution is 2.02. The number of carboxylic acid groups (broad SMARTS) is 1. The van der Waals surface area contributed by atoms with Crippen LogP contribution in [0.2, 0.25) is 0 Å². The summed E-state index contributed by atoms with van der Waals surface area (Å²) >= 11 is 0. The zero-order chi connectivity index (χ0) is 17.2. The molecule has 3 nitrogen and oxygen atoms in total. The molecule has 0 aromatic heterocycles. The lowest BCUT2D eigenvalue weighted by molar-refractivity contribution is -0.137. The maximum absolute atomic E-state index is 10.3. The summed E-state index contributed by atoms with van der Waals surface area (Å²) in [6.45, 7) is 2.18. The summed E-state index contributed by atoms with van der Waals surface area (Å²) in [5, 5.41) is 18.2. The van der Waals surface area contributed by atoms with E-state index in [4.69, 9.17) is 5.11 Å². The number of aliphatic hydroxyl groups is 1. The van der Waals surface area contributed by atoms with Crippen LogP contribution in [0.15, 0.2) is 48.6 Å². The van der Waals surface area contributed by atoms with Crippen LogP contribution in [-0.2, 0) is 4.79 Å². The van der Waals surface area contributed by atoms with Crippen molar-refractivity contribution in [2.24, 2.45) is 0 Å². The summed E-state index contributed by atoms with van der Waals surface area (Å²) in [4.78, 5) is 10.3. The Labute approximate surface area is 141 Å². The number of aliphatic hydroxyl groups excluding tert-OH is 1. The maximum Gasteiger partial charge on any atom is 0.303 e. The smallest absolute Gasteiger partial charge is 0.303 e. The Bertz CT molecular complexity index is 392. The van der Waals surface area contributed by atoms with Gasteiger partial charge in [0.15, 0.2) is 0 Å². The number of unbranched alkanes of at least 4 members (excludes halogenated alkanes) is 4. The van der Waals surface area contributed by atoms with Crippen molar-refractivity contribution in [1.29, 1.82) is 0 Å². The Balaban J connectivity index is 3.60. The number of carboxylic acids is 1. The molecule has 0 fully saturated rings. The van der Waals surface area contributed by atoms with E-state index in [1.54, 1.807) is 0 Å². The highest BCUT2D eigenvalue weighted by molar-refractivity contribution is 5.66. The van der Waals surface area contributed by atoms with Gasteiger partial charge in [0, 0.05) is 6.42 Å². The van der Waals surface area contributed by atoms with Crippen LogP contribution in [0.25, 0.3) is 0 Å². The number of hydrogen-bond donors (Lipinski definition) is 2. The first-order chi connectivity index (χ1) is 11.2. The highest BCUT2D eigenvalue weighted by atomic mass is 16.4. The molecule has 0 aliphatic carbocycles. The predicted molar refractivity (Wildman–Crippen MR) is 97.4 cm³/mol. The summed E-state index contributed by atoms with van der Waals surface area (Å²) in [7, 11) is 0. The Hall–Kier alpha value is -1.61. The van der Waals surface area contributed by atoms with Gasteiger partial charge < -0.3 is 10.2 Å². The Kier molecular flexibility index (Phi) is 15.6. The van der Waals surface area contributed by atoms with Crippen LogP contribution in [0.5, 0.6) is 0 Å². The van der Waals surface area contributed by atoms with E-state index in [1.165, 1.54) is 19.3 Å². The van der Waals surface area contributed by atoms with Gasteiger partial charge >= 0.3 is 5.97 Å². The van der Waals surface area contributed by atoms with Crippen molar-refractivity contribution < 1.29 is 15.0 Å². The lowest BCUT2D eigenvalue weighted by Crippen LogP contribution is -1.95. The molecule has 1 atom stereocenters. The molecule has 3 heteroatoms. The van der Waals surface area contributed by atoms with Gasteiger partial charge in [-0.2, -0.15) is 0 Å². The van der Waals surface area contributed by atoms with Gasteiger partial charge in [-0.1, -0.05) is 68.4 Å². The van der Waals surface area contributed by atoms with E-state index in [0.717, 1.165) is 25.7 Å². The Morgan fingerprint density at radius 2 is 1.48 bits per heavy atom. The lowest BCUT2D eigenvalue weighted by atomic mass is 10.2. The minimum absolute atomic E-state index is 0.236. The van der Waals surface area contributed by atoms with Crippen LogP contribution < -0.4 is 0 Å². The molecule has 0 bridgehead atoms. The largest absolute Gasteiger partial charge is 0.481 e. The summed E-state index contributed by atoms with van der Waals surface area (Å²) in [6, 6.07) is 0. The van der Waals surface area contributed by atoms with E-state index in [-0.39, 0.29) is 6.42 Å². The first-order valence-electron chi connectivity index (χ1n) is 8.70. The zero-order valence-corrected chi connectivity index (χ0v) is 14.4. The molecule has 0 aliphatic heterocycles. The van der Waals surface area contributed by atoms with Crippen LogP contribution in [0, 0.1) is 0 Å². The van der Waals surface area contributed by atoms with Crippen molar-refractivity contribution in [1.82, 2.24) is 0 Å². The number of carbonyl (C=O) groups is 1. The third-order valence-corrected chi connectivity index (χ3v) is 3.28. The summed E-state index contributed by atoms with van der Waals surface area (Å²) in [6.07, 6.45) is 23.5. The topological polar surface area (TPSA) is 57.5 Å². The van der Waals surface area contributed by atoms with Crippen LogP contribution in [0.3, 0.4) is 0 Å². The second kappa shape index (κ2) is 16.8. The molecule has 2 N–H and O–H groups in total. The van der Waals surface area contributed by atoms with Crippen molar-refractivity contribution in [3.8, 4) is 0 Å². The molecule has 23 heavy (non-hydrogen) atoms. The molecule has 0 heterocycles. The summed E-state index contributed by atoms with van der Waals surface area (Å²) in [5.41, 5.74) is 0. The minimum Gasteiger partial charge on any atom is -0.481 e. The Morgan fingerprint density at radius 1 is 0.870 bits per heavy atom. The monoisotopic (exact) mass is 320 g/mol. The van der Waals surface area contributed by atoms with E-state index in [1.807, 2.05) is 24.3 Å². The van der Waals surface area contributed by atoms with Gasteiger partial charge in [0.25, 0.3) is 0 Å². The molecule has 0 saturated carbocycles.